The molecule has 4 heteroatoms. The third kappa shape index (κ3) is 5.87. The van der Waals surface area contributed by atoms with Crippen molar-refractivity contribution in [1.29, 1.82) is 0 Å². The molecule has 0 saturated heterocycles. The number of rotatable bonds is 7. The fourth-order valence-corrected chi connectivity index (χ4v) is 2.93. The molecule has 3 nitrogen and oxygen atoms in total. The van der Waals surface area contributed by atoms with Crippen LogP contribution in [-0.4, -0.2) is 38.0 Å². The Bertz CT molecular complexity index is 726. The van der Waals surface area contributed by atoms with E-state index in [1.807, 2.05) is 55.4 Å². The maximum absolute atomic E-state index is 12.4. The summed E-state index contributed by atoms with van der Waals surface area (Å²) in [6.45, 7) is 5.85. The molecule has 0 heterocycles. The summed E-state index contributed by atoms with van der Waals surface area (Å²) < 4.78 is 0. The molecule has 0 aromatic heterocycles. The summed E-state index contributed by atoms with van der Waals surface area (Å²) in [6.07, 6.45) is 0.978. The maximum Gasteiger partial charge on any atom is 0.251 e. The quantitative estimate of drug-likeness (QED) is 0.790. The van der Waals surface area contributed by atoms with Crippen molar-refractivity contribution in [3.8, 4) is 11.1 Å². The average molecular weight is 359 g/mol. The summed E-state index contributed by atoms with van der Waals surface area (Å²) in [5.41, 5.74) is 4.05. The van der Waals surface area contributed by atoms with Gasteiger partial charge >= 0.3 is 0 Å². The van der Waals surface area contributed by atoms with Crippen LogP contribution in [0.1, 0.15) is 29.8 Å². The third-order valence-corrected chi connectivity index (χ3v) is 4.22. The monoisotopic (exact) mass is 358 g/mol. The van der Waals surface area contributed by atoms with Crippen LogP contribution >= 0.6 is 11.6 Å². The summed E-state index contributed by atoms with van der Waals surface area (Å²) in [5.74, 6) is 0.508. The number of benzene rings is 2. The van der Waals surface area contributed by atoms with E-state index in [1.165, 1.54) is 5.56 Å². The van der Waals surface area contributed by atoms with Crippen molar-refractivity contribution in [2.75, 3.05) is 27.2 Å². The van der Waals surface area contributed by atoms with E-state index in [-0.39, 0.29) is 5.91 Å². The number of hydrogen-bond acceptors (Lipinski definition) is 2. The Balaban J connectivity index is 2.26. The van der Waals surface area contributed by atoms with E-state index in [0.717, 1.165) is 24.1 Å². The van der Waals surface area contributed by atoms with Crippen LogP contribution in [0.5, 0.6) is 0 Å². The van der Waals surface area contributed by atoms with E-state index >= 15 is 0 Å². The fourth-order valence-electron chi connectivity index (χ4n) is 2.76. The van der Waals surface area contributed by atoms with Gasteiger partial charge in [0.15, 0.2) is 0 Å². The molecule has 2 aromatic carbocycles. The molecule has 2 aromatic rings. The lowest BCUT2D eigenvalue weighted by Crippen LogP contribution is -2.31. The number of nitrogens with one attached hydrogen (secondary N) is 1. The number of carbonyl (C=O) groups excluding carboxylic acids is 1. The molecule has 134 valence electrons. The van der Waals surface area contributed by atoms with Gasteiger partial charge in [0.05, 0.1) is 0 Å². The highest BCUT2D eigenvalue weighted by molar-refractivity contribution is 6.30. The van der Waals surface area contributed by atoms with Crippen molar-refractivity contribution < 1.29 is 4.79 Å². The van der Waals surface area contributed by atoms with Gasteiger partial charge in [0.25, 0.3) is 5.91 Å². The smallest absolute Gasteiger partial charge is 0.251 e. The normalized spacial score (nSPS) is 11.2. The average Bonchev–Trinajstić information content (AvgIpc) is 2.56. The van der Waals surface area contributed by atoms with Gasteiger partial charge in [-0.05, 0) is 67.4 Å². The van der Waals surface area contributed by atoms with Crippen LogP contribution in [0, 0.1) is 5.92 Å². The Morgan fingerprint density at radius 3 is 2.60 bits per heavy atom. The predicted octanol–water partition coefficient (Wildman–Crippen LogP) is 4.50. The predicted molar refractivity (Wildman–Crippen MR) is 106 cm³/mol. The van der Waals surface area contributed by atoms with Crippen LogP contribution in [0.25, 0.3) is 11.1 Å². The summed E-state index contributed by atoms with van der Waals surface area (Å²) in [7, 11) is 3.98. The zero-order valence-corrected chi connectivity index (χ0v) is 16.2. The van der Waals surface area contributed by atoms with Crippen molar-refractivity contribution in [3.63, 3.8) is 0 Å². The van der Waals surface area contributed by atoms with E-state index in [4.69, 9.17) is 11.6 Å². The molecule has 0 saturated carbocycles. The minimum atomic E-state index is -0.0452. The van der Waals surface area contributed by atoms with Gasteiger partial charge in [0.2, 0.25) is 0 Å². The first-order chi connectivity index (χ1) is 11.9. The second kappa shape index (κ2) is 9.02. The van der Waals surface area contributed by atoms with Gasteiger partial charge in [-0.1, -0.05) is 43.6 Å². The molecular weight excluding hydrogens is 332 g/mol. The molecule has 0 aliphatic carbocycles. The Morgan fingerprint density at radius 1 is 1.16 bits per heavy atom. The van der Waals surface area contributed by atoms with E-state index in [9.17, 15) is 4.79 Å². The maximum atomic E-state index is 12.4. The number of carbonyl (C=O) groups is 1. The third-order valence-electron chi connectivity index (χ3n) is 3.98. The molecule has 0 unspecified atom stereocenters. The van der Waals surface area contributed by atoms with E-state index < -0.39 is 0 Å². The molecule has 0 bridgehead atoms. The molecule has 0 radical (unpaired) electrons. The van der Waals surface area contributed by atoms with Gasteiger partial charge in [0.1, 0.15) is 0 Å². The first-order valence-corrected chi connectivity index (χ1v) is 9.06. The van der Waals surface area contributed by atoms with Gasteiger partial charge in [0, 0.05) is 23.7 Å². The lowest BCUT2D eigenvalue weighted by atomic mass is 9.93. The number of halogens is 1. The van der Waals surface area contributed by atoms with E-state index in [1.54, 1.807) is 0 Å². The van der Waals surface area contributed by atoms with Crippen LogP contribution in [0.2, 0.25) is 5.02 Å². The molecule has 0 atom stereocenters. The Hall–Kier alpha value is -1.84. The van der Waals surface area contributed by atoms with Crippen molar-refractivity contribution in [2.45, 2.75) is 20.3 Å². The summed E-state index contributed by atoms with van der Waals surface area (Å²) in [4.78, 5) is 14.4. The lowest BCUT2D eigenvalue weighted by Gasteiger charge is -2.14. The number of likely N-dealkylation sites (N-methyl/N-ethyl adjacent to an activating group) is 1. The van der Waals surface area contributed by atoms with Crippen LogP contribution in [-0.2, 0) is 6.42 Å². The van der Waals surface area contributed by atoms with Gasteiger partial charge < -0.3 is 10.2 Å². The summed E-state index contributed by atoms with van der Waals surface area (Å²) >= 11 is 6.22. The van der Waals surface area contributed by atoms with E-state index in [0.29, 0.717) is 23.0 Å². The van der Waals surface area contributed by atoms with Crippen LogP contribution in [0.15, 0.2) is 42.5 Å². The van der Waals surface area contributed by atoms with Gasteiger partial charge in [-0.15, -0.1) is 0 Å². The fraction of sp³-hybridized carbons (Fsp3) is 0.381. The first-order valence-electron chi connectivity index (χ1n) is 8.68. The van der Waals surface area contributed by atoms with Crippen molar-refractivity contribution in [1.82, 2.24) is 10.2 Å². The van der Waals surface area contributed by atoms with Crippen molar-refractivity contribution in [2.24, 2.45) is 5.92 Å². The second-order valence-corrected chi connectivity index (χ2v) is 7.48. The minimum absolute atomic E-state index is 0.0452. The van der Waals surface area contributed by atoms with Crippen molar-refractivity contribution in [3.05, 3.63) is 58.6 Å². The Kier molecular flexibility index (Phi) is 7.03. The van der Waals surface area contributed by atoms with Crippen LogP contribution in [0.4, 0.5) is 0 Å². The summed E-state index contributed by atoms with van der Waals surface area (Å²) in [6, 6.07) is 13.8. The molecule has 0 aliphatic heterocycles. The highest BCUT2D eigenvalue weighted by Crippen LogP contribution is 2.29. The van der Waals surface area contributed by atoms with Gasteiger partial charge in [-0.3, -0.25) is 4.79 Å². The summed E-state index contributed by atoms with van der Waals surface area (Å²) in [5, 5.41) is 3.67. The highest BCUT2D eigenvalue weighted by Gasteiger charge is 2.11. The Labute approximate surface area is 156 Å². The molecular formula is C21H27ClN2O. The van der Waals surface area contributed by atoms with Gasteiger partial charge in [-0.2, -0.15) is 0 Å². The topological polar surface area (TPSA) is 32.3 Å². The molecule has 0 spiro atoms. The molecule has 0 aliphatic rings. The minimum Gasteiger partial charge on any atom is -0.351 e. The lowest BCUT2D eigenvalue weighted by molar-refractivity contribution is 0.0951. The standard InChI is InChI=1S/C21H27ClN2O/c1-15(2)12-17-8-9-19(22)14-20(17)16-6-5-7-18(13-16)21(25)23-10-11-24(3)4/h5-9,13-15H,10-12H2,1-4H3,(H,23,25). The van der Waals surface area contributed by atoms with Crippen molar-refractivity contribution >= 4 is 17.5 Å². The van der Waals surface area contributed by atoms with Crippen LogP contribution < -0.4 is 5.32 Å². The molecule has 0 fully saturated rings. The SMILES string of the molecule is CC(C)Cc1ccc(Cl)cc1-c1cccc(C(=O)NCCN(C)C)c1. The number of nitrogens with zero attached hydrogens (tertiary/aromatic N) is 1. The molecule has 25 heavy (non-hydrogen) atoms. The Morgan fingerprint density at radius 2 is 1.92 bits per heavy atom. The zero-order valence-electron chi connectivity index (χ0n) is 15.5. The van der Waals surface area contributed by atoms with E-state index in [2.05, 4.69) is 25.2 Å². The highest BCUT2D eigenvalue weighted by atomic mass is 35.5. The first kappa shape index (κ1) is 19.5. The molecule has 1 amide bonds. The second-order valence-electron chi connectivity index (χ2n) is 7.04. The largest absolute Gasteiger partial charge is 0.351 e. The van der Waals surface area contributed by atoms with Crippen LogP contribution in [0.3, 0.4) is 0 Å². The van der Waals surface area contributed by atoms with Gasteiger partial charge in [-0.25, -0.2) is 0 Å². The zero-order chi connectivity index (χ0) is 18.4. The molecule has 1 N–H and O–H groups in total. The number of amides is 1. The number of hydrogen-bond donors (Lipinski definition) is 1. The molecule has 2 rings (SSSR count).